The van der Waals surface area contributed by atoms with E-state index >= 15 is 0 Å². The van der Waals surface area contributed by atoms with Crippen LogP contribution in [0.25, 0.3) is 0 Å². The number of carbonyl (C=O) groups excluding carboxylic acids is 4. The number of unbranched alkanes of at least 4 members (excludes halogenated alkanes) is 4. The van der Waals surface area contributed by atoms with Gasteiger partial charge in [-0.3, -0.25) is 19.2 Å². The van der Waals surface area contributed by atoms with E-state index in [1.807, 2.05) is 62.4 Å². The fourth-order valence-corrected chi connectivity index (χ4v) is 6.24. The molecule has 0 N–H and O–H groups in total. The summed E-state index contributed by atoms with van der Waals surface area (Å²) in [5.41, 5.74) is 2.75. The monoisotopic (exact) mass is 656 g/mol. The first-order valence-corrected chi connectivity index (χ1v) is 16.7. The van der Waals surface area contributed by atoms with E-state index < -0.39 is 24.0 Å². The predicted molar refractivity (Wildman–Crippen MR) is 179 cm³/mol. The van der Waals surface area contributed by atoms with E-state index in [0.29, 0.717) is 35.5 Å². The number of fused-ring (bicyclic) bond motifs is 2. The number of hydrogen-bond acceptors (Lipinski definition) is 8. The number of nitrogens with zero attached hydrogens (tertiary/aromatic N) is 2. The Balaban J connectivity index is 1.55. The Bertz CT molecular complexity index is 1500. The third-order valence-corrected chi connectivity index (χ3v) is 8.84. The van der Waals surface area contributed by atoms with E-state index in [2.05, 4.69) is 0 Å². The van der Waals surface area contributed by atoms with Gasteiger partial charge in [0.25, 0.3) is 11.8 Å². The molecule has 2 bridgehead atoms. The molecule has 6 rings (SSSR count). The van der Waals surface area contributed by atoms with Crippen LogP contribution in [-0.4, -0.2) is 47.8 Å². The van der Waals surface area contributed by atoms with Crippen LogP contribution in [0.1, 0.15) is 99.6 Å². The molecule has 3 aliphatic heterocycles. The van der Waals surface area contributed by atoms with Gasteiger partial charge in [-0.1, -0.05) is 63.8 Å². The lowest BCUT2D eigenvalue weighted by Crippen LogP contribution is -2.60. The average molecular weight is 657 g/mol. The molecule has 254 valence electrons. The summed E-state index contributed by atoms with van der Waals surface area (Å²) >= 11 is 0. The molecule has 0 saturated carbocycles. The molecule has 2 unspecified atom stereocenters. The van der Waals surface area contributed by atoms with Gasteiger partial charge in [-0.25, -0.2) is 0 Å². The molecule has 3 aliphatic rings. The minimum Gasteiger partial charge on any atom is -0.497 e. The highest BCUT2D eigenvalue weighted by Gasteiger charge is 2.54. The molecule has 2 atom stereocenters. The topological polar surface area (TPSA) is 112 Å². The second-order valence-electron chi connectivity index (χ2n) is 12.2. The second-order valence-corrected chi connectivity index (χ2v) is 12.2. The molecule has 0 spiro atoms. The van der Waals surface area contributed by atoms with Crippen molar-refractivity contribution in [2.75, 3.05) is 14.2 Å². The second kappa shape index (κ2) is 15.8. The summed E-state index contributed by atoms with van der Waals surface area (Å²) in [6.07, 6.45) is 5.40. The number of amides is 2. The molecule has 0 aliphatic carbocycles. The van der Waals surface area contributed by atoms with Gasteiger partial charge in [0.15, 0.2) is 11.5 Å². The zero-order valence-corrected chi connectivity index (χ0v) is 28.2. The lowest BCUT2D eigenvalue weighted by Gasteiger charge is -2.50. The SMILES string of the molecule is CCCCCC(=O)Oc1cc2c(cc1OC(=O)CCCCC)C1C(=O)N(Cc3ccc(OC)cc3)C2C(=O)N1Cc1ccc(OC)cc1. The normalized spacial score (nSPS) is 16.5. The summed E-state index contributed by atoms with van der Waals surface area (Å²) < 4.78 is 22.2. The van der Waals surface area contributed by atoms with Crippen LogP contribution in [0.3, 0.4) is 0 Å². The quantitative estimate of drug-likeness (QED) is 0.0936. The van der Waals surface area contributed by atoms with Crippen molar-refractivity contribution in [2.45, 2.75) is 90.4 Å². The van der Waals surface area contributed by atoms with Gasteiger partial charge in [0.2, 0.25) is 0 Å². The van der Waals surface area contributed by atoms with Gasteiger partial charge in [-0.05, 0) is 71.5 Å². The largest absolute Gasteiger partial charge is 0.497 e. The highest BCUT2D eigenvalue weighted by Crippen LogP contribution is 2.50. The number of methoxy groups -OCH3 is 2. The van der Waals surface area contributed by atoms with E-state index in [-0.39, 0.29) is 49.2 Å². The van der Waals surface area contributed by atoms with Crippen molar-refractivity contribution in [3.63, 3.8) is 0 Å². The summed E-state index contributed by atoms with van der Waals surface area (Å²) in [5.74, 6) is 0.0921. The van der Waals surface area contributed by atoms with Crippen molar-refractivity contribution in [3.8, 4) is 23.0 Å². The summed E-state index contributed by atoms with van der Waals surface area (Å²) in [4.78, 5) is 57.7. The molecule has 0 aromatic heterocycles. The van der Waals surface area contributed by atoms with Crippen molar-refractivity contribution in [1.82, 2.24) is 9.80 Å². The molecule has 0 radical (unpaired) electrons. The van der Waals surface area contributed by atoms with E-state index in [4.69, 9.17) is 18.9 Å². The Kier molecular flexibility index (Phi) is 11.4. The number of hydrogen-bond donors (Lipinski definition) is 0. The number of benzene rings is 3. The van der Waals surface area contributed by atoms with E-state index in [0.717, 1.165) is 36.8 Å². The zero-order chi connectivity index (χ0) is 34.2. The van der Waals surface area contributed by atoms with Crippen molar-refractivity contribution in [3.05, 3.63) is 82.9 Å². The number of carbonyl (C=O) groups is 4. The van der Waals surface area contributed by atoms with Crippen LogP contribution in [0.2, 0.25) is 0 Å². The minimum absolute atomic E-state index is 0.0676. The van der Waals surface area contributed by atoms with E-state index in [1.54, 1.807) is 36.2 Å². The van der Waals surface area contributed by atoms with Gasteiger partial charge >= 0.3 is 11.9 Å². The third-order valence-electron chi connectivity index (χ3n) is 8.84. The smallest absolute Gasteiger partial charge is 0.311 e. The number of rotatable bonds is 16. The summed E-state index contributed by atoms with van der Waals surface area (Å²) in [5, 5.41) is 0. The molecule has 10 nitrogen and oxygen atoms in total. The van der Waals surface area contributed by atoms with Crippen molar-refractivity contribution >= 4 is 23.8 Å². The summed E-state index contributed by atoms with van der Waals surface area (Å²) in [7, 11) is 3.17. The maximum absolute atomic E-state index is 14.3. The Morgan fingerprint density at radius 1 is 0.604 bits per heavy atom. The number of piperazine rings is 1. The number of esters is 2. The maximum atomic E-state index is 14.3. The highest BCUT2D eigenvalue weighted by molar-refractivity contribution is 6.02. The molecule has 3 heterocycles. The Hall–Kier alpha value is -4.86. The highest BCUT2D eigenvalue weighted by atomic mass is 16.6. The first-order chi connectivity index (χ1) is 23.3. The van der Waals surface area contributed by atoms with E-state index in [1.165, 1.54) is 0 Å². The molecule has 1 fully saturated rings. The lowest BCUT2D eigenvalue weighted by atomic mass is 9.81. The molecular weight excluding hydrogens is 612 g/mol. The molecule has 10 heteroatoms. The maximum Gasteiger partial charge on any atom is 0.311 e. The Labute approximate surface area is 281 Å². The summed E-state index contributed by atoms with van der Waals surface area (Å²) in [6.45, 7) is 4.47. The van der Waals surface area contributed by atoms with Gasteiger partial charge < -0.3 is 28.7 Å². The van der Waals surface area contributed by atoms with Gasteiger partial charge in [0.05, 0.1) is 14.2 Å². The van der Waals surface area contributed by atoms with Crippen LogP contribution in [-0.2, 0) is 32.3 Å². The van der Waals surface area contributed by atoms with Crippen LogP contribution in [0.4, 0.5) is 0 Å². The molecule has 3 aromatic rings. The van der Waals surface area contributed by atoms with Crippen LogP contribution in [0, 0.1) is 0 Å². The fraction of sp³-hybridized carbons (Fsp3) is 0.421. The number of ether oxygens (including phenoxy) is 4. The van der Waals surface area contributed by atoms with E-state index in [9.17, 15) is 19.2 Å². The fourth-order valence-electron chi connectivity index (χ4n) is 6.24. The van der Waals surface area contributed by atoms with Gasteiger partial charge in [0.1, 0.15) is 23.6 Å². The molecule has 3 aromatic carbocycles. The van der Waals surface area contributed by atoms with Gasteiger partial charge in [-0.15, -0.1) is 0 Å². The molecular formula is C38H44N2O8. The van der Waals surface area contributed by atoms with Crippen LogP contribution in [0.5, 0.6) is 23.0 Å². The van der Waals surface area contributed by atoms with Gasteiger partial charge in [0, 0.05) is 25.9 Å². The molecule has 48 heavy (non-hydrogen) atoms. The average Bonchev–Trinajstić information content (AvgIpc) is 3.08. The van der Waals surface area contributed by atoms with Crippen LogP contribution >= 0.6 is 0 Å². The van der Waals surface area contributed by atoms with Crippen LogP contribution in [0.15, 0.2) is 60.7 Å². The van der Waals surface area contributed by atoms with Crippen molar-refractivity contribution < 1.29 is 38.1 Å². The van der Waals surface area contributed by atoms with Crippen LogP contribution < -0.4 is 18.9 Å². The first-order valence-electron chi connectivity index (χ1n) is 16.7. The lowest BCUT2D eigenvalue weighted by molar-refractivity contribution is -0.167. The Morgan fingerprint density at radius 2 is 0.979 bits per heavy atom. The Morgan fingerprint density at radius 3 is 1.31 bits per heavy atom. The standard InChI is InChI=1S/C38H44N2O8/c1-5-7-9-11-33(41)47-31-21-29-30(22-32(31)48-34(42)12-10-8-6-2)36-38(44)39(23-25-13-17-27(45-3)18-14-25)35(29)37(43)40(36)24-26-15-19-28(46-4)20-16-26/h13-22,35-36H,5-12,23-24H2,1-4H3. The molecule has 1 saturated heterocycles. The van der Waals surface area contributed by atoms with Gasteiger partial charge in [-0.2, -0.15) is 0 Å². The minimum atomic E-state index is -0.982. The van der Waals surface area contributed by atoms with Crippen molar-refractivity contribution in [1.29, 1.82) is 0 Å². The molecule has 2 amide bonds. The zero-order valence-electron chi connectivity index (χ0n) is 28.2. The predicted octanol–water partition coefficient (Wildman–Crippen LogP) is 6.84. The van der Waals surface area contributed by atoms with Crippen molar-refractivity contribution in [2.24, 2.45) is 0 Å². The third kappa shape index (κ3) is 7.64. The first kappa shape index (κ1) is 34.5. The summed E-state index contributed by atoms with van der Waals surface area (Å²) in [6, 6.07) is 15.9.